The zero-order chi connectivity index (χ0) is 13.7. The van der Waals surface area contributed by atoms with Gasteiger partial charge in [-0.05, 0) is 34.1 Å². The van der Waals surface area contributed by atoms with Gasteiger partial charge in [0.2, 0.25) is 0 Å². The Morgan fingerprint density at radius 2 is 2.17 bits per heavy atom. The molecule has 0 aromatic heterocycles. The highest BCUT2D eigenvalue weighted by atomic mass is 79.9. The highest BCUT2D eigenvalue weighted by Crippen LogP contribution is 2.22. The largest absolute Gasteiger partial charge is 0.395 e. The standard InChI is InChI=1S/C11H12BrF2NO2S/c12-9-2-1-7(18)5-8(9)11(17)15(3-4-16)6-10(13)14/h1-2,5,10,16,18H,3-4,6H2. The molecule has 1 rings (SSSR count). The summed E-state index contributed by atoms with van der Waals surface area (Å²) in [5, 5.41) is 8.80. The van der Waals surface area contributed by atoms with Crippen LogP contribution >= 0.6 is 28.6 Å². The molecule has 0 aliphatic carbocycles. The molecule has 0 bridgehead atoms. The molecule has 0 spiro atoms. The van der Waals surface area contributed by atoms with Crippen LogP contribution in [0.1, 0.15) is 10.4 Å². The first kappa shape index (κ1) is 15.4. The van der Waals surface area contributed by atoms with Crippen LogP contribution in [0.3, 0.4) is 0 Å². The van der Waals surface area contributed by atoms with E-state index >= 15 is 0 Å². The van der Waals surface area contributed by atoms with Gasteiger partial charge in [0.1, 0.15) is 0 Å². The summed E-state index contributed by atoms with van der Waals surface area (Å²) < 4.78 is 25.2. The third-order valence-electron chi connectivity index (χ3n) is 2.20. The Morgan fingerprint density at radius 3 is 2.72 bits per heavy atom. The first-order chi connectivity index (χ1) is 8.45. The second-order valence-corrected chi connectivity index (χ2v) is 4.90. The van der Waals surface area contributed by atoms with Gasteiger partial charge in [0, 0.05) is 15.9 Å². The van der Waals surface area contributed by atoms with Gasteiger partial charge in [-0.25, -0.2) is 8.78 Å². The molecule has 7 heteroatoms. The third-order valence-corrected chi connectivity index (χ3v) is 3.17. The third kappa shape index (κ3) is 4.22. The minimum atomic E-state index is -2.64. The van der Waals surface area contributed by atoms with Crippen LogP contribution in [-0.2, 0) is 0 Å². The lowest BCUT2D eigenvalue weighted by atomic mass is 10.2. The van der Waals surface area contributed by atoms with Crippen LogP contribution in [-0.4, -0.2) is 42.0 Å². The van der Waals surface area contributed by atoms with Crippen molar-refractivity contribution in [2.75, 3.05) is 19.7 Å². The van der Waals surface area contributed by atoms with Crippen molar-refractivity contribution in [3.05, 3.63) is 28.2 Å². The molecular weight excluding hydrogens is 328 g/mol. The van der Waals surface area contributed by atoms with Gasteiger partial charge in [-0.1, -0.05) is 0 Å². The van der Waals surface area contributed by atoms with Crippen molar-refractivity contribution in [2.45, 2.75) is 11.3 Å². The van der Waals surface area contributed by atoms with E-state index in [-0.39, 0.29) is 18.7 Å². The number of carbonyl (C=O) groups excluding carboxylic acids is 1. The van der Waals surface area contributed by atoms with Crippen LogP contribution in [0.2, 0.25) is 0 Å². The summed E-state index contributed by atoms with van der Waals surface area (Å²) in [4.78, 5) is 13.5. The average Bonchev–Trinajstić information content (AvgIpc) is 2.30. The van der Waals surface area contributed by atoms with Gasteiger partial charge in [0.25, 0.3) is 12.3 Å². The van der Waals surface area contributed by atoms with Gasteiger partial charge in [-0.3, -0.25) is 4.79 Å². The molecule has 0 saturated heterocycles. The second kappa shape index (κ2) is 7.06. The van der Waals surface area contributed by atoms with E-state index in [1.807, 2.05) is 0 Å². The number of aliphatic hydroxyl groups excluding tert-OH is 1. The topological polar surface area (TPSA) is 40.5 Å². The maximum Gasteiger partial charge on any atom is 0.255 e. The van der Waals surface area contributed by atoms with Gasteiger partial charge in [-0.2, -0.15) is 0 Å². The predicted molar refractivity (Wildman–Crippen MR) is 70.4 cm³/mol. The molecule has 1 N–H and O–H groups in total. The quantitative estimate of drug-likeness (QED) is 0.809. The molecule has 0 aliphatic rings. The molecule has 0 atom stereocenters. The smallest absolute Gasteiger partial charge is 0.255 e. The van der Waals surface area contributed by atoms with Crippen LogP contribution < -0.4 is 0 Å². The summed E-state index contributed by atoms with van der Waals surface area (Å²) in [6, 6.07) is 4.79. The summed E-state index contributed by atoms with van der Waals surface area (Å²) in [5.74, 6) is -0.563. The zero-order valence-corrected chi connectivity index (χ0v) is 11.8. The number of benzene rings is 1. The van der Waals surface area contributed by atoms with Crippen LogP contribution in [0.5, 0.6) is 0 Å². The van der Waals surface area contributed by atoms with Crippen molar-refractivity contribution >= 4 is 34.5 Å². The van der Waals surface area contributed by atoms with Crippen molar-refractivity contribution in [1.82, 2.24) is 4.90 Å². The van der Waals surface area contributed by atoms with Gasteiger partial charge < -0.3 is 10.0 Å². The summed E-state index contributed by atoms with van der Waals surface area (Å²) in [7, 11) is 0. The first-order valence-corrected chi connectivity index (χ1v) is 6.36. The number of hydrogen-bond acceptors (Lipinski definition) is 3. The SMILES string of the molecule is O=C(c1cc(S)ccc1Br)N(CCO)CC(F)F. The number of halogens is 3. The predicted octanol–water partition coefficient (Wildman–Crippen LogP) is 2.44. The maximum absolute atomic E-state index is 12.4. The van der Waals surface area contributed by atoms with Crippen LogP contribution in [0.25, 0.3) is 0 Å². The first-order valence-electron chi connectivity index (χ1n) is 5.12. The molecule has 1 aromatic carbocycles. The molecule has 0 saturated carbocycles. The number of hydrogen-bond donors (Lipinski definition) is 2. The monoisotopic (exact) mass is 339 g/mol. The number of carbonyl (C=O) groups is 1. The summed E-state index contributed by atoms with van der Waals surface area (Å²) in [5.41, 5.74) is 0.247. The lowest BCUT2D eigenvalue weighted by Crippen LogP contribution is -2.37. The maximum atomic E-state index is 12.4. The molecule has 3 nitrogen and oxygen atoms in total. The highest BCUT2D eigenvalue weighted by molar-refractivity contribution is 9.10. The molecular formula is C11H12BrF2NO2S. The number of alkyl halides is 2. The molecule has 1 aromatic rings. The number of rotatable bonds is 5. The van der Waals surface area contributed by atoms with E-state index in [1.54, 1.807) is 12.1 Å². The molecule has 1 amide bonds. The minimum absolute atomic E-state index is 0.133. The molecule has 18 heavy (non-hydrogen) atoms. The van der Waals surface area contributed by atoms with Crippen molar-refractivity contribution in [3.8, 4) is 0 Å². The Hall–Kier alpha value is -0.660. The van der Waals surface area contributed by atoms with Crippen LogP contribution in [0.15, 0.2) is 27.6 Å². The molecule has 100 valence electrons. The van der Waals surface area contributed by atoms with E-state index in [2.05, 4.69) is 28.6 Å². The van der Waals surface area contributed by atoms with E-state index in [9.17, 15) is 13.6 Å². The van der Waals surface area contributed by atoms with E-state index in [1.165, 1.54) is 6.07 Å². The molecule has 0 radical (unpaired) electrons. The number of aliphatic hydroxyl groups is 1. The number of amides is 1. The van der Waals surface area contributed by atoms with E-state index in [4.69, 9.17) is 5.11 Å². The fraction of sp³-hybridized carbons (Fsp3) is 0.364. The van der Waals surface area contributed by atoms with Crippen LogP contribution in [0, 0.1) is 0 Å². The minimum Gasteiger partial charge on any atom is -0.395 e. The summed E-state index contributed by atoms with van der Waals surface area (Å²) in [6.07, 6.45) is -2.64. The van der Waals surface area contributed by atoms with Crippen molar-refractivity contribution in [1.29, 1.82) is 0 Å². The molecule has 0 aliphatic heterocycles. The normalized spacial score (nSPS) is 10.8. The molecule has 0 unspecified atom stereocenters. The van der Waals surface area contributed by atoms with E-state index in [0.717, 1.165) is 4.90 Å². The van der Waals surface area contributed by atoms with Crippen LogP contribution in [0.4, 0.5) is 8.78 Å². The Balaban J connectivity index is 2.97. The molecule has 0 heterocycles. The Labute approximate surface area is 117 Å². The zero-order valence-electron chi connectivity index (χ0n) is 9.31. The fourth-order valence-corrected chi connectivity index (χ4v) is 2.03. The van der Waals surface area contributed by atoms with Crippen molar-refractivity contribution in [2.24, 2.45) is 0 Å². The van der Waals surface area contributed by atoms with Gasteiger partial charge in [0.05, 0.1) is 18.7 Å². The number of nitrogens with zero attached hydrogens (tertiary/aromatic N) is 1. The van der Waals surface area contributed by atoms with Gasteiger partial charge >= 0.3 is 0 Å². The van der Waals surface area contributed by atoms with E-state index in [0.29, 0.717) is 9.37 Å². The summed E-state index contributed by atoms with van der Waals surface area (Å²) >= 11 is 7.28. The molecule has 0 fully saturated rings. The Kier molecular flexibility index (Phi) is 6.04. The lowest BCUT2D eigenvalue weighted by molar-refractivity contribution is 0.0508. The van der Waals surface area contributed by atoms with E-state index < -0.39 is 18.9 Å². The van der Waals surface area contributed by atoms with Gasteiger partial charge in [-0.15, -0.1) is 12.6 Å². The highest BCUT2D eigenvalue weighted by Gasteiger charge is 2.21. The Morgan fingerprint density at radius 1 is 1.50 bits per heavy atom. The summed E-state index contributed by atoms with van der Waals surface area (Å²) in [6.45, 7) is -1.20. The number of thiol groups is 1. The average molecular weight is 340 g/mol. The lowest BCUT2D eigenvalue weighted by Gasteiger charge is -2.22. The Bertz CT molecular complexity index is 432. The van der Waals surface area contributed by atoms with Crippen molar-refractivity contribution < 1.29 is 18.7 Å². The fourth-order valence-electron chi connectivity index (χ4n) is 1.41. The van der Waals surface area contributed by atoms with Crippen molar-refractivity contribution in [3.63, 3.8) is 0 Å². The van der Waals surface area contributed by atoms with Gasteiger partial charge in [0.15, 0.2) is 0 Å². The second-order valence-electron chi connectivity index (χ2n) is 3.53.